The molecule has 96 valence electrons. The number of imide groups is 1. The minimum atomic E-state index is -0.342. The molecule has 3 aliphatic heterocycles. The van der Waals surface area contributed by atoms with E-state index < -0.39 is 0 Å². The lowest BCUT2D eigenvalue weighted by Crippen LogP contribution is -2.34. The van der Waals surface area contributed by atoms with E-state index in [-0.39, 0.29) is 35.9 Å². The Hall–Kier alpha value is -1.46. The fourth-order valence-corrected chi connectivity index (χ4v) is 3.41. The standard InChI is InChI=1S/C14H10BrNO3/c15-7-1-3-8(4-2-7)16-13(17)11-9-5-6-10(19-9)12(11)14(16)18/h1-6,9-12H/t9-,10-,11-,12-/m1/s1. The molecule has 19 heavy (non-hydrogen) atoms. The van der Waals surface area contributed by atoms with Crippen LogP contribution >= 0.6 is 15.9 Å². The molecule has 0 spiro atoms. The summed E-state index contributed by atoms with van der Waals surface area (Å²) < 4.78 is 6.51. The summed E-state index contributed by atoms with van der Waals surface area (Å²) in [6.07, 6.45) is 3.32. The van der Waals surface area contributed by atoms with Gasteiger partial charge >= 0.3 is 0 Å². The Kier molecular flexibility index (Phi) is 2.26. The third-order valence-electron chi connectivity index (χ3n) is 4.00. The number of hydrogen-bond acceptors (Lipinski definition) is 3. The molecule has 2 saturated heterocycles. The number of carbonyl (C=O) groups excluding carboxylic acids is 2. The van der Waals surface area contributed by atoms with Crippen molar-refractivity contribution in [2.45, 2.75) is 12.2 Å². The quantitative estimate of drug-likeness (QED) is 0.586. The Morgan fingerprint density at radius 1 is 0.947 bits per heavy atom. The molecule has 4 nitrogen and oxygen atoms in total. The van der Waals surface area contributed by atoms with Gasteiger partial charge in [-0.15, -0.1) is 0 Å². The number of hydrogen-bond donors (Lipinski definition) is 0. The molecule has 4 rings (SSSR count). The van der Waals surface area contributed by atoms with Crippen molar-refractivity contribution >= 4 is 33.4 Å². The molecule has 3 aliphatic rings. The highest BCUT2D eigenvalue weighted by Crippen LogP contribution is 2.46. The van der Waals surface area contributed by atoms with Crippen LogP contribution in [0.25, 0.3) is 0 Å². The molecule has 3 heterocycles. The van der Waals surface area contributed by atoms with Gasteiger partial charge in [-0.2, -0.15) is 0 Å². The molecule has 1 aromatic carbocycles. The van der Waals surface area contributed by atoms with E-state index >= 15 is 0 Å². The van der Waals surface area contributed by atoms with Crippen LogP contribution in [-0.4, -0.2) is 24.0 Å². The van der Waals surface area contributed by atoms with E-state index in [0.717, 1.165) is 4.47 Å². The summed E-state index contributed by atoms with van der Waals surface area (Å²) in [6.45, 7) is 0. The van der Waals surface area contributed by atoms with Crippen LogP contribution in [0.2, 0.25) is 0 Å². The predicted molar refractivity (Wildman–Crippen MR) is 71.4 cm³/mol. The third-order valence-corrected chi connectivity index (χ3v) is 4.52. The van der Waals surface area contributed by atoms with Crippen LogP contribution in [-0.2, 0) is 14.3 Å². The highest BCUT2D eigenvalue weighted by molar-refractivity contribution is 9.10. The van der Waals surface area contributed by atoms with Gasteiger partial charge in [-0.1, -0.05) is 28.1 Å². The summed E-state index contributed by atoms with van der Waals surface area (Å²) in [7, 11) is 0. The van der Waals surface area contributed by atoms with Crippen molar-refractivity contribution < 1.29 is 14.3 Å². The maximum Gasteiger partial charge on any atom is 0.240 e. The Labute approximate surface area is 118 Å². The van der Waals surface area contributed by atoms with Gasteiger partial charge < -0.3 is 4.74 Å². The zero-order valence-electron chi connectivity index (χ0n) is 9.82. The van der Waals surface area contributed by atoms with E-state index in [0.29, 0.717) is 5.69 Å². The van der Waals surface area contributed by atoms with Crippen LogP contribution in [0.3, 0.4) is 0 Å². The first kappa shape index (κ1) is 11.4. The number of fused-ring (bicyclic) bond motifs is 5. The third kappa shape index (κ3) is 1.42. The number of benzene rings is 1. The lowest BCUT2D eigenvalue weighted by atomic mass is 9.85. The van der Waals surface area contributed by atoms with Crippen molar-refractivity contribution in [2.24, 2.45) is 11.8 Å². The molecule has 0 aliphatic carbocycles. The summed E-state index contributed by atoms with van der Waals surface area (Å²) in [5.74, 6) is -0.972. The maximum absolute atomic E-state index is 12.5. The van der Waals surface area contributed by atoms with E-state index in [1.54, 1.807) is 12.1 Å². The zero-order chi connectivity index (χ0) is 13.1. The smallest absolute Gasteiger partial charge is 0.240 e. The molecule has 0 radical (unpaired) electrons. The lowest BCUT2D eigenvalue weighted by molar-refractivity contribution is -0.124. The summed E-state index contributed by atoms with van der Waals surface area (Å²) >= 11 is 3.34. The Morgan fingerprint density at radius 2 is 1.47 bits per heavy atom. The summed E-state index contributed by atoms with van der Waals surface area (Å²) in [4.78, 5) is 26.2. The van der Waals surface area contributed by atoms with E-state index in [2.05, 4.69) is 15.9 Å². The van der Waals surface area contributed by atoms with Crippen molar-refractivity contribution in [2.75, 3.05) is 4.90 Å². The molecule has 4 atom stereocenters. The first-order valence-electron chi connectivity index (χ1n) is 6.14. The molecular formula is C14H10BrNO3. The highest BCUT2D eigenvalue weighted by Gasteiger charge is 2.60. The van der Waals surface area contributed by atoms with E-state index in [1.165, 1.54) is 4.90 Å². The van der Waals surface area contributed by atoms with Gasteiger partial charge in [0.2, 0.25) is 11.8 Å². The van der Waals surface area contributed by atoms with E-state index in [1.807, 2.05) is 24.3 Å². The van der Waals surface area contributed by atoms with Crippen LogP contribution in [0, 0.1) is 11.8 Å². The number of halogens is 1. The normalized spacial score (nSPS) is 35.3. The van der Waals surface area contributed by atoms with Crippen LogP contribution in [0.1, 0.15) is 0 Å². The second-order valence-corrected chi connectivity index (χ2v) is 5.91. The van der Waals surface area contributed by atoms with Crippen LogP contribution in [0.15, 0.2) is 40.9 Å². The van der Waals surface area contributed by atoms with E-state index in [9.17, 15) is 9.59 Å². The number of rotatable bonds is 1. The van der Waals surface area contributed by atoms with Crippen LogP contribution < -0.4 is 4.90 Å². The average molecular weight is 320 g/mol. The van der Waals surface area contributed by atoms with Gasteiger partial charge in [-0.3, -0.25) is 9.59 Å². The number of amides is 2. The van der Waals surface area contributed by atoms with Gasteiger partial charge in [0.1, 0.15) is 0 Å². The van der Waals surface area contributed by atoms with Gasteiger partial charge in [-0.25, -0.2) is 4.90 Å². The zero-order valence-corrected chi connectivity index (χ0v) is 11.4. The fraction of sp³-hybridized carbons (Fsp3) is 0.286. The van der Waals surface area contributed by atoms with Crippen LogP contribution in [0.5, 0.6) is 0 Å². The minimum absolute atomic E-state index is 0.144. The second kappa shape index (κ2) is 3.77. The maximum atomic E-state index is 12.5. The molecule has 1 aromatic rings. The summed E-state index contributed by atoms with van der Waals surface area (Å²) in [5, 5.41) is 0. The highest BCUT2D eigenvalue weighted by atomic mass is 79.9. The van der Waals surface area contributed by atoms with Crippen molar-refractivity contribution in [3.63, 3.8) is 0 Å². The Bertz CT molecular complexity index is 580. The molecule has 5 heteroatoms. The number of carbonyl (C=O) groups is 2. The van der Waals surface area contributed by atoms with Gasteiger partial charge in [0.25, 0.3) is 0 Å². The van der Waals surface area contributed by atoms with Crippen LogP contribution in [0.4, 0.5) is 5.69 Å². The molecule has 2 fully saturated rings. The van der Waals surface area contributed by atoms with Crippen molar-refractivity contribution in [3.8, 4) is 0 Å². The monoisotopic (exact) mass is 319 g/mol. The predicted octanol–water partition coefficient (Wildman–Crippen LogP) is 1.89. The average Bonchev–Trinajstić information content (AvgIpc) is 3.06. The number of anilines is 1. The van der Waals surface area contributed by atoms with Crippen molar-refractivity contribution in [1.82, 2.24) is 0 Å². The van der Waals surface area contributed by atoms with Crippen molar-refractivity contribution in [3.05, 3.63) is 40.9 Å². The van der Waals surface area contributed by atoms with E-state index in [4.69, 9.17) is 4.74 Å². The summed E-state index contributed by atoms with van der Waals surface area (Å²) in [6, 6.07) is 7.20. The van der Waals surface area contributed by atoms with Gasteiger partial charge in [0.05, 0.1) is 29.7 Å². The first-order chi connectivity index (χ1) is 9.16. The summed E-state index contributed by atoms with van der Waals surface area (Å²) in [5.41, 5.74) is 0.631. The molecule has 0 unspecified atom stereocenters. The molecule has 2 amide bonds. The molecular weight excluding hydrogens is 310 g/mol. The lowest BCUT2D eigenvalue weighted by Gasteiger charge is -2.17. The Balaban J connectivity index is 1.74. The minimum Gasteiger partial charge on any atom is -0.365 e. The topological polar surface area (TPSA) is 46.6 Å². The molecule has 0 aromatic heterocycles. The Morgan fingerprint density at radius 3 is 2.00 bits per heavy atom. The number of ether oxygens (including phenoxy) is 1. The van der Waals surface area contributed by atoms with Crippen molar-refractivity contribution in [1.29, 1.82) is 0 Å². The molecule has 2 bridgehead atoms. The fourth-order valence-electron chi connectivity index (χ4n) is 3.15. The van der Waals surface area contributed by atoms with Gasteiger partial charge in [-0.05, 0) is 24.3 Å². The molecule has 0 saturated carbocycles. The SMILES string of the molecule is O=C1[C@H]2[C@H](C(=O)N1c1ccc(Br)cc1)[C@H]1C=C[C@H]2O1. The largest absolute Gasteiger partial charge is 0.365 e. The molecule has 0 N–H and O–H groups in total. The first-order valence-corrected chi connectivity index (χ1v) is 6.93. The van der Waals surface area contributed by atoms with Gasteiger partial charge in [0.15, 0.2) is 0 Å². The number of nitrogens with zero attached hydrogens (tertiary/aromatic N) is 1. The van der Waals surface area contributed by atoms with Gasteiger partial charge in [0, 0.05) is 4.47 Å². The second-order valence-electron chi connectivity index (χ2n) is 4.99.